The summed E-state index contributed by atoms with van der Waals surface area (Å²) in [5, 5.41) is 21.9. The molecule has 1 atom stereocenters. The van der Waals surface area contributed by atoms with E-state index in [-0.39, 0.29) is 24.2 Å². The van der Waals surface area contributed by atoms with Crippen LogP contribution in [0.5, 0.6) is 5.75 Å². The van der Waals surface area contributed by atoms with Gasteiger partial charge in [-0.25, -0.2) is 0 Å². The molecule has 0 aliphatic rings. The van der Waals surface area contributed by atoms with Gasteiger partial charge in [-0.05, 0) is 37.6 Å². The number of aliphatic hydroxyl groups excluding tert-OH is 1. The van der Waals surface area contributed by atoms with Gasteiger partial charge in [-0.3, -0.25) is 9.78 Å². The van der Waals surface area contributed by atoms with Crippen LogP contribution in [0.25, 0.3) is 0 Å². The summed E-state index contributed by atoms with van der Waals surface area (Å²) in [7, 11) is 0. The second-order valence-electron chi connectivity index (χ2n) is 5.23. The third-order valence-electron chi connectivity index (χ3n) is 3.58. The van der Waals surface area contributed by atoms with Gasteiger partial charge in [0.1, 0.15) is 5.75 Å². The van der Waals surface area contributed by atoms with Crippen LogP contribution in [0.3, 0.4) is 0 Å². The molecular weight excluding hydrogens is 280 g/mol. The van der Waals surface area contributed by atoms with Crippen LogP contribution >= 0.6 is 0 Å². The molecule has 1 unspecified atom stereocenters. The smallest absolute Gasteiger partial charge is 0.251 e. The Morgan fingerprint density at radius 1 is 1.27 bits per heavy atom. The second kappa shape index (κ2) is 7.56. The number of aromatic nitrogens is 1. The van der Waals surface area contributed by atoms with Crippen LogP contribution < -0.4 is 5.32 Å². The molecule has 116 valence electrons. The Labute approximate surface area is 129 Å². The van der Waals surface area contributed by atoms with Gasteiger partial charge in [0, 0.05) is 42.1 Å². The third-order valence-corrected chi connectivity index (χ3v) is 3.58. The van der Waals surface area contributed by atoms with Crippen LogP contribution in [-0.4, -0.2) is 34.3 Å². The summed E-state index contributed by atoms with van der Waals surface area (Å²) in [5.41, 5.74) is 1.86. The highest BCUT2D eigenvalue weighted by Gasteiger charge is 2.14. The normalized spacial score (nSPS) is 11.9. The lowest BCUT2D eigenvalue weighted by atomic mass is 10.0. The predicted molar refractivity (Wildman–Crippen MR) is 83.7 cm³/mol. The molecule has 1 heterocycles. The van der Waals surface area contributed by atoms with Crippen molar-refractivity contribution in [2.75, 3.05) is 13.2 Å². The van der Waals surface area contributed by atoms with Gasteiger partial charge in [0.05, 0.1) is 0 Å². The van der Waals surface area contributed by atoms with Gasteiger partial charge in [0.2, 0.25) is 0 Å². The van der Waals surface area contributed by atoms with E-state index in [9.17, 15) is 15.0 Å². The van der Waals surface area contributed by atoms with E-state index in [1.165, 1.54) is 0 Å². The number of nitrogens with zero attached hydrogens (tertiary/aromatic N) is 1. The van der Waals surface area contributed by atoms with Crippen molar-refractivity contribution in [2.24, 2.45) is 5.92 Å². The summed E-state index contributed by atoms with van der Waals surface area (Å²) in [4.78, 5) is 16.4. The minimum absolute atomic E-state index is 0.0319. The van der Waals surface area contributed by atoms with Gasteiger partial charge in [-0.15, -0.1) is 0 Å². The van der Waals surface area contributed by atoms with Crippen molar-refractivity contribution in [2.45, 2.75) is 13.3 Å². The quantitative estimate of drug-likeness (QED) is 0.758. The molecule has 5 nitrogen and oxygen atoms in total. The number of rotatable bonds is 6. The van der Waals surface area contributed by atoms with E-state index in [1.54, 1.807) is 31.3 Å². The van der Waals surface area contributed by atoms with Crippen molar-refractivity contribution in [1.82, 2.24) is 10.3 Å². The van der Waals surface area contributed by atoms with Crippen molar-refractivity contribution in [3.63, 3.8) is 0 Å². The van der Waals surface area contributed by atoms with Crippen LogP contribution in [0.4, 0.5) is 0 Å². The summed E-state index contributed by atoms with van der Waals surface area (Å²) in [6.45, 7) is 2.01. The van der Waals surface area contributed by atoms with E-state index in [1.807, 2.05) is 18.2 Å². The molecule has 22 heavy (non-hydrogen) atoms. The fourth-order valence-corrected chi connectivity index (χ4v) is 2.22. The van der Waals surface area contributed by atoms with Crippen LogP contribution in [0.2, 0.25) is 0 Å². The highest BCUT2D eigenvalue weighted by Crippen LogP contribution is 2.19. The molecule has 0 radical (unpaired) electrons. The monoisotopic (exact) mass is 300 g/mol. The number of carbonyl (C=O) groups is 1. The average molecular weight is 300 g/mol. The van der Waals surface area contributed by atoms with Crippen molar-refractivity contribution >= 4 is 5.91 Å². The van der Waals surface area contributed by atoms with Crippen molar-refractivity contribution < 1.29 is 15.0 Å². The van der Waals surface area contributed by atoms with E-state index < -0.39 is 0 Å². The van der Waals surface area contributed by atoms with E-state index in [2.05, 4.69) is 10.3 Å². The molecule has 0 aliphatic heterocycles. The summed E-state index contributed by atoms with van der Waals surface area (Å²) >= 11 is 0. The lowest BCUT2D eigenvalue weighted by molar-refractivity contribution is 0.0938. The number of hydrogen-bond acceptors (Lipinski definition) is 4. The van der Waals surface area contributed by atoms with Crippen LogP contribution in [-0.2, 0) is 6.42 Å². The molecule has 2 aromatic rings. The van der Waals surface area contributed by atoms with Gasteiger partial charge < -0.3 is 15.5 Å². The van der Waals surface area contributed by atoms with Crippen molar-refractivity contribution in [3.8, 4) is 5.75 Å². The molecule has 0 bridgehead atoms. The van der Waals surface area contributed by atoms with E-state index in [0.717, 1.165) is 5.69 Å². The first kappa shape index (κ1) is 16.0. The fourth-order valence-electron chi connectivity index (χ4n) is 2.22. The zero-order valence-corrected chi connectivity index (χ0v) is 12.5. The van der Waals surface area contributed by atoms with E-state index in [0.29, 0.717) is 24.1 Å². The number of aromatic hydroxyl groups is 1. The first-order chi connectivity index (χ1) is 10.6. The minimum atomic E-state index is -0.257. The molecule has 0 saturated carbocycles. The van der Waals surface area contributed by atoms with Gasteiger partial charge in [-0.2, -0.15) is 0 Å². The van der Waals surface area contributed by atoms with Gasteiger partial charge in [0.25, 0.3) is 5.91 Å². The number of hydrogen-bond donors (Lipinski definition) is 3. The number of benzene rings is 1. The molecule has 2 rings (SSSR count). The third kappa shape index (κ3) is 4.05. The van der Waals surface area contributed by atoms with Crippen LogP contribution in [0.1, 0.15) is 21.6 Å². The molecule has 0 spiro atoms. The molecule has 0 fully saturated rings. The Morgan fingerprint density at radius 2 is 2.09 bits per heavy atom. The van der Waals surface area contributed by atoms with Gasteiger partial charge in [0.15, 0.2) is 0 Å². The standard InChI is InChI=1S/C17H20N2O3/c1-12-15(6-4-7-16(12)21)17(22)19-10-13(11-20)9-14-5-2-3-8-18-14/h2-8,13,20-21H,9-11H2,1H3,(H,19,22). The van der Waals surface area contributed by atoms with Crippen LogP contribution in [0, 0.1) is 12.8 Å². The highest BCUT2D eigenvalue weighted by atomic mass is 16.3. The lowest BCUT2D eigenvalue weighted by Gasteiger charge is -2.15. The van der Waals surface area contributed by atoms with Crippen molar-refractivity contribution in [1.29, 1.82) is 0 Å². The maximum atomic E-state index is 12.2. The molecule has 3 N–H and O–H groups in total. The SMILES string of the molecule is Cc1c(O)cccc1C(=O)NCC(CO)Cc1ccccn1. The number of nitrogens with one attached hydrogen (secondary N) is 1. The zero-order valence-electron chi connectivity index (χ0n) is 12.5. The van der Waals surface area contributed by atoms with Gasteiger partial charge >= 0.3 is 0 Å². The van der Waals surface area contributed by atoms with E-state index in [4.69, 9.17) is 0 Å². The number of carbonyl (C=O) groups excluding carboxylic acids is 1. The summed E-state index contributed by atoms with van der Waals surface area (Å²) in [6.07, 6.45) is 2.30. The Morgan fingerprint density at radius 3 is 2.77 bits per heavy atom. The molecule has 0 saturated heterocycles. The fraction of sp³-hybridized carbons (Fsp3) is 0.294. The average Bonchev–Trinajstić information content (AvgIpc) is 2.54. The highest BCUT2D eigenvalue weighted by molar-refractivity contribution is 5.96. The van der Waals surface area contributed by atoms with Crippen molar-refractivity contribution in [3.05, 3.63) is 59.4 Å². The molecule has 5 heteroatoms. The first-order valence-electron chi connectivity index (χ1n) is 7.19. The Hall–Kier alpha value is -2.40. The number of aliphatic hydroxyl groups is 1. The maximum Gasteiger partial charge on any atom is 0.251 e. The zero-order chi connectivity index (χ0) is 15.9. The summed E-state index contributed by atoms with van der Waals surface area (Å²) < 4.78 is 0. The van der Waals surface area contributed by atoms with E-state index >= 15 is 0 Å². The molecule has 0 aliphatic carbocycles. The maximum absolute atomic E-state index is 12.2. The van der Waals surface area contributed by atoms with Gasteiger partial charge in [-0.1, -0.05) is 12.1 Å². The predicted octanol–water partition coefficient (Wildman–Crippen LogP) is 1.68. The molecule has 1 aromatic heterocycles. The lowest BCUT2D eigenvalue weighted by Crippen LogP contribution is -2.32. The first-order valence-corrected chi connectivity index (χ1v) is 7.19. The largest absolute Gasteiger partial charge is 0.508 e. The minimum Gasteiger partial charge on any atom is -0.508 e. The Kier molecular flexibility index (Phi) is 5.49. The summed E-state index contributed by atoms with van der Waals surface area (Å²) in [5.74, 6) is -0.260. The molecular formula is C17H20N2O3. The summed E-state index contributed by atoms with van der Waals surface area (Å²) in [6, 6.07) is 10.5. The molecule has 1 amide bonds. The number of pyridine rings is 1. The topological polar surface area (TPSA) is 82.5 Å². The molecule has 1 aromatic carbocycles. The van der Waals surface area contributed by atoms with Crippen LogP contribution in [0.15, 0.2) is 42.6 Å². The second-order valence-corrected chi connectivity index (χ2v) is 5.23. The number of phenols is 1. The Bertz CT molecular complexity index is 629. The number of amides is 1. The Balaban J connectivity index is 1.95. The number of phenolic OH excluding ortho intramolecular Hbond substituents is 1.